The van der Waals surface area contributed by atoms with Crippen molar-refractivity contribution in [3.05, 3.63) is 60.2 Å². The highest BCUT2D eigenvalue weighted by Crippen LogP contribution is 2.29. The fourth-order valence-electron chi connectivity index (χ4n) is 2.77. The summed E-state index contributed by atoms with van der Waals surface area (Å²) in [6, 6.07) is 9.29. The quantitative estimate of drug-likeness (QED) is 0.653. The van der Waals surface area contributed by atoms with E-state index in [1.807, 2.05) is 30.4 Å². The molecular formula is C20H19NO3S. The molecule has 1 heterocycles. The Hall–Kier alpha value is -2.53. The predicted molar refractivity (Wildman–Crippen MR) is 104 cm³/mol. The Morgan fingerprint density at radius 2 is 2.24 bits per heavy atom. The number of benzene rings is 2. The van der Waals surface area contributed by atoms with Gasteiger partial charge in [0.2, 0.25) is 0 Å². The maximum absolute atomic E-state index is 11.5. The van der Waals surface area contributed by atoms with Gasteiger partial charge < -0.3 is 9.84 Å². The molecule has 4 nitrogen and oxygen atoms in total. The molecule has 25 heavy (non-hydrogen) atoms. The summed E-state index contributed by atoms with van der Waals surface area (Å²) in [4.78, 5) is 15.9. The van der Waals surface area contributed by atoms with Crippen LogP contribution in [-0.4, -0.2) is 35.0 Å². The van der Waals surface area contributed by atoms with E-state index in [0.717, 1.165) is 26.9 Å². The van der Waals surface area contributed by atoms with Gasteiger partial charge in [-0.1, -0.05) is 30.4 Å². The minimum Gasteiger partial charge on any atom is -0.508 e. The average Bonchev–Trinajstić information content (AvgIpc) is 3.10. The van der Waals surface area contributed by atoms with E-state index in [-0.39, 0.29) is 5.97 Å². The summed E-state index contributed by atoms with van der Waals surface area (Å²) in [6.07, 6.45) is 6.31. The van der Waals surface area contributed by atoms with Crippen LogP contribution >= 0.6 is 11.8 Å². The van der Waals surface area contributed by atoms with E-state index in [1.165, 1.54) is 7.11 Å². The fourth-order valence-corrected chi connectivity index (χ4v) is 3.68. The number of thioether (sulfide) groups is 1. The minimum absolute atomic E-state index is 0.293. The lowest BCUT2D eigenvalue weighted by Gasteiger charge is -2.08. The summed E-state index contributed by atoms with van der Waals surface area (Å²) in [6.45, 7) is 3.75. The maximum atomic E-state index is 11.5. The average molecular weight is 353 g/mol. The maximum Gasteiger partial charge on any atom is 0.331 e. The van der Waals surface area contributed by atoms with Crippen molar-refractivity contribution < 1.29 is 14.6 Å². The van der Waals surface area contributed by atoms with E-state index in [4.69, 9.17) is 4.74 Å². The van der Waals surface area contributed by atoms with Gasteiger partial charge in [-0.2, -0.15) is 0 Å². The van der Waals surface area contributed by atoms with Crippen molar-refractivity contribution in [3.63, 3.8) is 0 Å². The van der Waals surface area contributed by atoms with E-state index in [9.17, 15) is 9.90 Å². The highest BCUT2D eigenvalue weighted by atomic mass is 32.2. The molecule has 0 spiro atoms. The molecule has 1 atom stereocenters. The second-order valence-electron chi connectivity index (χ2n) is 5.69. The number of fused-ring (bicyclic) bond motifs is 1. The van der Waals surface area contributed by atoms with Gasteiger partial charge in [-0.3, -0.25) is 4.99 Å². The first-order chi connectivity index (χ1) is 12.1. The molecule has 0 aromatic heterocycles. The van der Waals surface area contributed by atoms with Gasteiger partial charge in [0.15, 0.2) is 6.04 Å². The molecule has 0 saturated heterocycles. The lowest BCUT2D eigenvalue weighted by Crippen LogP contribution is -2.19. The number of allylic oxidation sites excluding steroid dienone is 1. The van der Waals surface area contributed by atoms with Crippen LogP contribution in [0.25, 0.3) is 16.8 Å². The van der Waals surface area contributed by atoms with Crippen LogP contribution in [0.15, 0.2) is 54.1 Å². The lowest BCUT2D eigenvalue weighted by atomic mass is 9.99. The molecule has 2 aromatic rings. The van der Waals surface area contributed by atoms with Crippen molar-refractivity contribution in [2.45, 2.75) is 12.5 Å². The first-order valence-corrected chi connectivity index (χ1v) is 8.93. The SMILES string of the molecule is C=CCc1c(O)ccc2cc(/C=C/C3=NC(C(=O)OC)CS3)ccc12. The molecule has 1 aliphatic heterocycles. The number of carbonyl (C=O) groups is 1. The van der Waals surface area contributed by atoms with Crippen molar-refractivity contribution in [3.8, 4) is 5.75 Å². The first-order valence-electron chi connectivity index (χ1n) is 7.94. The smallest absolute Gasteiger partial charge is 0.331 e. The number of aliphatic imine (C=N–C) groups is 1. The Labute approximate surface area is 150 Å². The molecule has 0 saturated carbocycles. The third-order valence-corrected chi connectivity index (χ3v) is 5.06. The highest BCUT2D eigenvalue weighted by molar-refractivity contribution is 8.14. The van der Waals surface area contributed by atoms with E-state index >= 15 is 0 Å². The minimum atomic E-state index is -0.407. The predicted octanol–water partition coefficient (Wildman–Crippen LogP) is 3.97. The summed E-state index contributed by atoms with van der Waals surface area (Å²) in [5.41, 5.74) is 1.92. The van der Waals surface area contributed by atoms with Crippen LogP contribution < -0.4 is 0 Å². The Balaban J connectivity index is 1.84. The highest BCUT2D eigenvalue weighted by Gasteiger charge is 2.24. The van der Waals surface area contributed by atoms with Crippen LogP contribution in [-0.2, 0) is 16.0 Å². The Bertz CT molecular complexity index is 886. The van der Waals surface area contributed by atoms with Gasteiger partial charge in [-0.25, -0.2) is 4.79 Å². The number of carbonyl (C=O) groups excluding carboxylic acids is 1. The monoisotopic (exact) mass is 353 g/mol. The summed E-state index contributed by atoms with van der Waals surface area (Å²) < 4.78 is 4.72. The molecular weight excluding hydrogens is 334 g/mol. The van der Waals surface area contributed by atoms with Gasteiger partial charge in [0, 0.05) is 11.3 Å². The fraction of sp³-hybridized carbons (Fsp3) is 0.200. The number of hydrogen-bond acceptors (Lipinski definition) is 5. The molecule has 128 valence electrons. The Kier molecular flexibility index (Phi) is 5.24. The molecule has 2 aromatic carbocycles. The molecule has 0 amide bonds. The zero-order valence-electron chi connectivity index (χ0n) is 13.9. The number of nitrogens with zero attached hydrogens (tertiary/aromatic N) is 1. The summed E-state index contributed by atoms with van der Waals surface area (Å²) >= 11 is 1.55. The molecule has 0 fully saturated rings. The number of phenolic OH excluding ortho intramolecular Hbond substituents is 1. The van der Waals surface area contributed by atoms with Crippen molar-refractivity contribution in [1.29, 1.82) is 0 Å². The largest absolute Gasteiger partial charge is 0.508 e. The Morgan fingerprint density at radius 3 is 3.00 bits per heavy atom. The van der Waals surface area contributed by atoms with Gasteiger partial charge >= 0.3 is 5.97 Å². The Morgan fingerprint density at radius 1 is 1.40 bits per heavy atom. The van der Waals surface area contributed by atoms with Crippen LogP contribution in [0, 0.1) is 0 Å². The molecule has 0 radical (unpaired) electrons. The number of hydrogen-bond donors (Lipinski definition) is 1. The van der Waals surface area contributed by atoms with E-state index in [0.29, 0.717) is 17.9 Å². The molecule has 1 aliphatic rings. The standard InChI is InChI=1S/C20H19NO3S/c1-3-4-16-15-8-5-13(11-14(15)7-9-18(16)22)6-10-19-21-17(12-25-19)20(23)24-2/h3,5-11,17,22H,1,4,12H2,2H3/b10-6+. The molecule has 0 aliphatic carbocycles. The van der Waals surface area contributed by atoms with Crippen LogP contribution in [0.1, 0.15) is 11.1 Å². The van der Waals surface area contributed by atoms with E-state index in [2.05, 4.69) is 17.6 Å². The summed E-state index contributed by atoms with van der Waals surface area (Å²) in [5, 5.41) is 12.9. The van der Waals surface area contributed by atoms with Gasteiger partial charge in [-0.05, 0) is 41.0 Å². The lowest BCUT2D eigenvalue weighted by molar-refractivity contribution is -0.141. The van der Waals surface area contributed by atoms with Gasteiger partial charge in [0.1, 0.15) is 5.75 Å². The van der Waals surface area contributed by atoms with Crippen molar-refractivity contribution >= 4 is 39.6 Å². The molecule has 3 rings (SSSR count). The number of aromatic hydroxyl groups is 1. The van der Waals surface area contributed by atoms with E-state index in [1.54, 1.807) is 23.9 Å². The van der Waals surface area contributed by atoms with Crippen molar-refractivity contribution in [2.75, 3.05) is 12.9 Å². The normalized spacial score (nSPS) is 17.0. The topological polar surface area (TPSA) is 58.9 Å². The number of methoxy groups -OCH3 is 1. The first kappa shape index (κ1) is 17.3. The van der Waals surface area contributed by atoms with Crippen LogP contribution in [0.2, 0.25) is 0 Å². The van der Waals surface area contributed by atoms with Crippen molar-refractivity contribution in [1.82, 2.24) is 0 Å². The van der Waals surface area contributed by atoms with Crippen LogP contribution in [0.3, 0.4) is 0 Å². The second-order valence-corrected chi connectivity index (χ2v) is 6.73. The van der Waals surface area contributed by atoms with Crippen LogP contribution in [0.5, 0.6) is 5.75 Å². The summed E-state index contributed by atoms with van der Waals surface area (Å²) in [5.74, 6) is 0.617. The number of phenols is 1. The van der Waals surface area contributed by atoms with Crippen LogP contribution in [0.4, 0.5) is 0 Å². The molecule has 5 heteroatoms. The second kappa shape index (κ2) is 7.57. The summed E-state index contributed by atoms with van der Waals surface area (Å²) in [7, 11) is 1.38. The number of esters is 1. The molecule has 1 unspecified atom stereocenters. The zero-order chi connectivity index (χ0) is 17.8. The van der Waals surface area contributed by atoms with Gasteiger partial charge in [0.05, 0.1) is 12.2 Å². The molecule has 1 N–H and O–H groups in total. The third-order valence-electron chi connectivity index (χ3n) is 4.04. The van der Waals surface area contributed by atoms with Gasteiger partial charge in [-0.15, -0.1) is 18.3 Å². The third kappa shape index (κ3) is 3.77. The number of rotatable bonds is 5. The number of ether oxygens (including phenoxy) is 1. The van der Waals surface area contributed by atoms with Crippen molar-refractivity contribution in [2.24, 2.45) is 4.99 Å². The zero-order valence-corrected chi connectivity index (χ0v) is 14.8. The van der Waals surface area contributed by atoms with E-state index < -0.39 is 6.04 Å². The molecule has 0 bridgehead atoms. The van der Waals surface area contributed by atoms with Gasteiger partial charge in [0.25, 0.3) is 0 Å².